The van der Waals surface area contributed by atoms with E-state index in [0.29, 0.717) is 0 Å². The van der Waals surface area contributed by atoms with Crippen molar-refractivity contribution >= 4 is 8.80 Å². The van der Waals surface area contributed by atoms with E-state index < -0.39 is 8.80 Å². The molecule has 0 amide bonds. The third-order valence-electron chi connectivity index (χ3n) is 4.55. The summed E-state index contributed by atoms with van der Waals surface area (Å²) in [6, 6.07) is 9.30. The Bertz CT molecular complexity index is 430. The van der Waals surface area contributed by atoms with Gasteiger partial charge in [-0.1, -0.05) is 58.1 Å². The van der Waals surface area contributed by atoms with Crippen LogP contribution < -0.4 is 0 Å². The van der Waals surface area contributed by atoms with Crippen LogP contribution in [0.3, 0.4) is 0 Å². The maximum Gasteiger partial charge on any atom is 0.0594 e. The van der Waals surface area contributed by atoms with Crippen molar-refractivity contribution in [2.75, 3.05) is 26.3 Å². The number of nitrogens with zero attached hydrogens (tertiary/aromatic N) is 1. The summed E-state index contributed by atoms with van der Waals surface area (Å²) >= 11 is 0. The molecular formula is C18H31NOSi. The fourth-order valence-electron chi connectivity index (χ4n) is 3.08. The average Bonchev–Trinajstić information content (AvgIpc) is 2.45. The molecule has 1 saturated heterocycles. The lowest BCUT2D eigenvalue weighted by Crippen LogP contribution is -2.50. The summed E-state index contributed by atoms with van der Waals surface area (Å²) < 4.78 is 5.51. The van der Waals surface area contributed by atoms with Gasteiger partial charge in [0, 0.05) is 18.8 Å². The van der Waals surface area contributed by atoms with Crippen molar-refractivity contribution in [3.63, 3.8) is 0 Å². The molecule has 0 N–H and O–H groups in total. The van der Waals surface area contributed by atoms with Gasteiger partial charge in [0.25, 0.3) is 0 Å². The number of hydrogen-bond donors (Lipinski definition) is 0. The van der Waals surface area contributed by atoms with E-state index in [9.17, 15) is 0 Å². The number of ether oxygens (including phenoxy) is 1. The zero-order valence-corrected chi connectivity index (χ0v) is 15.5. The van der Waals surface area contributed by atoms with E-state index in [-0.39, 0.29) is 5.41 Å². The molecule has 21 heavy (non-hydrogen) atoms. The van der Waals surface area contributed by atoms with Gasteiger partial charge in [-0.15, -0.1) is 0 Å². The summed E-state index contributed by atoms with van der Waals surface area (Å²) in [5, 5.41) is 0. The highest BCUT2D eigenvalue weighted by molar-refractivity contribution is 6.57. The molecule has 1 aliphatic rings. The van der Waals surface area contributed by atoms with Gasteiger partial charge in [-0.2, -0.15) is 0 Å². The second-order valence-electron chi connectivity index (χ2n) is 7.61. The van der Waals surface area contributed by atoms with E-state index in [1.54, 1.807) is 0 Å². The van der Waals surface area contributed by atoms with Crippen molar-refractivity contribution in [2.45, 2.75) is 51.4 Å². The highest BCUT2D eigenvalue weighted by Gasteiger charge is 2.24. The molecule has 0 aromatic heterocycles. The van der Waals surface area contributed by atoms with E-state index in [0.717, 1.165) is 32.0 Å². The van der Waals surface area contributed by atoms with Gasteiger partial charge in [0.15, 0.2) is 0 Å². The maximum atomic E-state index is 5.51. The lowest BCUT2D eigenvalue weighted by Gasteiger charge is -2.36. The van der Waals surface area contributed by atoms with Crippen LogP contribution in [0.5, 0.6) is 0 Å². The molecule has 3 heteroatoms. The van der Waals surface area contributed by atoms with Gasteiger partial charge >= 0.3 is 0 Å². The highest BCUT2D eigenvalue weighted by atomic mass is 28.3. The lowest BCUT2D eigenvalue weighted by atomic mass is 9.86. The van der Waals surface area contributed by atoms with Gasteiger partial charge in [-0.3, -0.25) is 4.90 Å². The third-order valence-corrected chi connectivity index (χ3v) is 6.75. The van der Waals surface area contributed by atoms with Gasteiger partial charge in [-0.05, 0) is 23.0 Å². The van der Waals surface area contributed by atoms with Crippen molar-refractivity contribution in [1.82, 2.24) is 4.90 Å². The summed E-state index contributed by atoms with van der Waals surface area (Å²) in [7, 11) is -0.704. The van der Waals surface area contributed by atoms with E-state index in [1.807, 2.05) is 0 Å². The molecule has 0 spiro atoms. The first-order valence-corrected chi connectivity index (χ1v) is 11.3. The molecule has 1 aromatic carbocycles. The van der Waals surface area contributed by atoms with Gasteiger partial charge in [0.1, 0.15) is 0 Å². The Hall–Kier alpha value is -0.643. The molecule has 118 valence electrons. The van der Waals surface area contributed by atoms with Crippen LogP contribution in [0.4, 0.5) is 0 Å². The molecule has 0 aliphatic carbocycles. The summed E-state index contributed by atoms with van der Waals surface area (Å²) in [5.41, 5.74) is 3.92. The second-order valence-corrected chi connectivity index (χ2v) is 10.9. The first-order chi connectivity index (χ1) is 9.88. The van der Waals surface area contributed by atoms with Crippen molar-refractivity contribution in [3.05, 3.63) is 35.4 Å². The van der Waals surface area contributed by atoms with Crippen LogP contribution in [0.2, 0.25) is 13.1 Å². The fourth-order valence-corrected chi connectivity index (χ4v) is 4.96. The Morgan fingerprint density at radius 1 is 1.10 bits per heavy atom. The van der Waals surface area contributed by atoms with Crippen LogP contribution >= 0.6 is 0 Å². The molecule has 1 unspecified atom stereocenters. The van der Waals surface area contributed by atoms with Gasteiger partial charge in [-0.25, -0.2) is 0 Å². The molecule has 2 nitrogen and oxygen atoms in total. The summed E-state index contributed by atoms with van der Waals surface area (Å²) in [6.45, 7) is 15.8. The van der Waals surface area contributed by atoms with E-state index in [2.05, 4.69) is 63.0 Å². The third kappa shape index (κ3) is 4.66. The van der Waals surface area contributed by atoms with E-state index in [1.165, 1.54) is 17.5 Å². The Morgan fingerprint density at radius 2 is 1.67 bits per heavy atom. The Labute approximate surface area is 132 Å². The molecular weight excluding hydrogens is 274 g/mol. The van der Waals surface area contributed by atoms with Crippen LogP contribution in [-0.2, 0) is 16.6 Å². The van der Waals surface area contributed by atoms with E-state index in [4.69, 9.17) is 4.74 Å². The average molecular weight is 306 g/mol. The van der Waals surface area contributed by atoms with Crippen molar-refractivity contribution in [3.8, 4) is 0 Å². The number of hydrogen-bond acceptors (Lipinski definition) is 2. The second kappa shape index (κ2) is 7.08. The number of morpholine rings is 1. The zero-order valence-electron chi connectivity index (χ0n) is 14.4. The molecule has 1 fully saturated rings. The monoisotopic (exact) mass is 305 g/mol. The topological polar surface area (TPSA) is 12.5 Å². The molecule has 0 bridgehead atoms. The fraction of sp³-hybridized carbons (Fsp3) is 0.667. The van der Waals surface area contributed by atoms with Crippen molar-refractivity contribution in [2.24, 2.45) is 0 Å². The smallest absolute Gasteiger partial charge is 0.0594 e. The summed E-state index contributed by atoms with van der Waals surface area (Å²) in [5.74, 6) is 0. The molecule has 1 aromatic rings. The minimum absolute atomic E-state index is 0.245. The quantitative estimate of drug-likeness (QED) is 0.792. The number of benzene rings is 1. The molecule has 0 radical (unpaired) electrons. The maximum absolute atomic E-state index is 5.51. The van der Waals surface area contributed by atoms with Crippen molar-refractivity contribution in [1.29, 1.82) is 0 Å². The predicted octanol–water partition coefficient (Wildman–Crippen LogP) is 3.25. The standard InChI is InChI=1S/C18H31NOSi/c1-18(2,3)16-8-6-15(7-9-16)14-17(21(4)5)19-10-12-20-13-11-19/h6-9,17,21H,10-14H2,1-5H3. The van der Waals surface area contributed by atoms with Crippen LogP contribution in [0.25, 0.3) is 0 Å². The van der Waals surface area contributed by atoms with Crippen LogP contribution in [0.15, 0.2) is 24.3 Å². The summed E-state index contributed by atoms with van der Waals surface area (Å²) in [6.07, 6.45) is 1.20. The first kappa shape index (κ1) is 16.7. The molecule has 1 aliphatic heterocycles. The SMILES string of the molecule is C[SiH](C)C(Cc1ccc(C(C)(C)C)cc1)N1CCOCC1. The minimum atomic E-state index is -0.704. The Morgan fingerprint density at radius 3 is 2.14 bits per heavy atom. The molecule has 1 heterocycles. The highest BCUT2D eigenvalue weighted by Crippen LogP contribution is 2.23. The molecule has 1 atom stereocenters. The van der Waals surface area contributed by atoms with Crippen LogP contribution in [0, 0.1) is 0 Å². The van der Waals surface area contributed by atoms with Crippen LogP contribution in [0.1, 0.15) is 31.9 Å². The van der Waals surface area contributed by atoms with Gasteiger partial charge < -0.3 is 4.74 Å². The Balaban J connectivity index is 2.06. The van der Waals surface area contributed by atoms with Crippen LogP contribution in [-0.4, -0.2) is 45.7 Å². The minimum Gasteiger partial charge on any atom is -0.379 e. The molecule has 2 rings (SSSR count). The van der Waals surface area contributed by atoms with Gasteiger partial charge in [0.05, 0.1) is 22.0 Å². The number of rotatable bonds is 4. The van der Waals surface area contributed by atoms with E-state index >= 15 is 0 Å². The largest absolute Gasteiger partial charge is 0.379 e. The lowest BCUT2D eigenvalue weighted by molar-refractivity contribution is 0.0302. The van der Waals surface area contributed by atoms with Crippen molar-refractivity contribution < 1.29 is 4.74 Å². The summed E-state index contributed by atoms with van der Waals surface area (Å²) in [4.78, 5) is 2.66. The Kier molecular flexibility index (Phi) is 5.64. The zero-order chi connectivity index (χ0) is 15.5. The normalized spacial score (nSPS) is 19.0. The first-order valence-electron chi connectivity index (χ1n) is 8.29. The van der Waals surface area contributed by atoms with Gasteiger partial charge in [0.2, 0.25) is 0 Å². The molecule has 0 saturated carbocycles. The predicted molar refractivity (Wildman–Crippen MR) is 93.9 cm³/mol.